The maximum atomic E-state index is 4.77. The van der Waals surface area contributed by atoms with Crippen molar-refractivity contribution in [1.29, 1.82) is 0 Å². The van der Waals surface area contributed by atoms with E-state index in [0.29, 0.717) is 5.92 Å². The minimum atomic E-state index is 0.117. The molecular formula is C18H21N. The third-order valence-electron chi connectivity index (χ3n) is 4.64. The van der Waals surface area contributed by atoms with Gasteiger partial charge in [0.1, 0.15) is 0 Å². The molecule has 0 bridgehead atoms. The molecule has 1 heteroatoms. The Morgan fingerprint density at radius 3 is 2.63 bits per heavy atom. The molecule has 0 saturated carbocycles. The van der Waals surface area contributed by atoms with Gasteiger partial charge in [-0.1, -0.05) is 48.9 Å². The lowest BCUT2D eigenvalue weighted by Gasteiger charge is -2.27. The van der Waals surface area contributed by atoms with Crippen LogP contribution >= 0.6 is 0 Å². The van der Waals surface area contributed by atoms with Crippen molar-refractivity contribution in [3.63, 3.8) is 0 Å². The summed E-state index contributed by atoms with van der Waals surface area (Å²) in [5, 5.41) is 0. The molecule has 1 nitrogen and oxygen atoms in total. The van der Waals surface area contributed by atoms with Crippen LogP contribution in [0.3, 0.4) is 0 Å². The lowest BCUT2D eigenvalue weighted by Crippen LogP contribution is -2.28. The van der Waals surface area contributed by atoms with Gasteiger partial charge in [0.05, 0.1) is 5.69 Å². The highest BCUT2D eigenvalue weighted by molar-refractivity contribution is 5.99. The molecule has 2 aliphatic rings. The first-order valence-corrected chi connectivity index (χ1v) is 7.11. The van der Waals surface area contributed by atoms with Gasteiger partial charge in [0, 0.05) is 11.1 Å². The molecule has 19 heavy (non-hydrogen) atoms. The molecule has 1 aromatic carbocycles. The monoisotopic (exact) mass is 251 g/mol. The van der Waals surface area contributed by atoms with E-state index in [2.05, 4.69) is 63.3 Å². The van der Waals surface area contributed by atoms with Gasteiger partial charge < -0.3 is 0 Å². The number of rotatable bonds is 3. The lowest BCUT2D eigenvalue weighted by molar-refractivity contribution is 0.523. The van der Waals surface area contributed by atoms with Crippen LogP contribution in [0.4, 0.5) is 5.69 Å². The van der Waals surface area contributed by atoms with Crippen LogP contribution in [0.5, 0.6) is 0 Å². The fraction of sp³-hybridized carbons (Fsp3) is 0.389. The number of benzene rings is 1. The summed E-state index contributed by atoms with van der Waals surface area (Å²) in [6.07, 6.45) is 11.3. The minimum Gasteiger partial charge on any atom is -0.257 e. The molecule has 0 radical (unpaired) electrons. The van der Waals surface area contributed by atoms with Crippen LogP contribution in [-0.4, -0.2) is 5.71 Å². The van der Waals surface area contributed by atoms with Gasteiger partial charge in [0.25, 0.3) is 0 Å². The van der Waals surface area contributed by atoms with Crippen molar-refractivity contribution in [2.75, 3.05) is 0 Å². The Labute approximate surface area is 115 Å². The molecule has 1 heterocycles. The Morgan fingerprint density at radius 2 is 1.89 bits per heavy atom. The smallest absolute Gasteiger partial charge is 0.0670 e. The summed E-state index contributed by atoms with van der Waals surface area (Å²) in [6, 6.07) is 6.63. The van der Waals surface area contributed by atoms with Crippen molar-refractivity contribution in [3.8, 4) is 0 Å². The summed E-state index contributed by atoms with van der Waals surface area (Å²) in [5.74, 6) is 0.610. The lowest BCUT2D eigenvalue weighted by atomic mass is 9.74. The van der Waals surface area contributed by atoms with Crippen molar-refractivity contribution in [2.24, 2.45) is 10.9 Å². The van der Waals surface area contributed by atoms with Crippen molar-refractivity contribution >= 4 is 11.4 Å². The summed E-state index contributed by atoms with van der Waals surface area (Å²) in [5.41, 5.74) is 5.29. The van der Waals surface area contributed by atoms with Gasteiger partial charge in [-0.15, -0.1) is 0 Å². The van der Waals surface area contributed by atoms with E-state index in [1.165, 1.54) is 28.9 Å². The summed E-state index contributed by atoms with van der Waals surface area (Å²) in [6.45, 7) is 6.69. The van der Waals surface area contributed by atoms with Crippen LogP contribution in [0.1, 0.15) is 37.8 Å². The zero-order chi connectivity index (χ0) is 13.5. The largest absolute Gasteiger partial charge is 0.257 e. The Kier molecular flexibility index (Phi) is 2.93. The van der Waals surface area contributed by atoms with Crippen LogP contribution < -0.4 is 0 Å². The van der Waals surface area contributed by atoms with E-state index in [1.807, 2.05) is 0 Å². The standard InChI is InChI=1S/C18H21N/c1-13-8-9-17-16(12-13)18(3,14(2)19-17)11-10-15-6-4-5-7-15/h4-9,12,15H,10-11H2,1-3H3. The zero-order valence-corrected chi connectivity index (χ0v) is 12.0. The second kappa shape index (κ2) is 4.48. The quantitative estimate of drug-likeness (QED) is 0.726. The van der Waals surface area contributed by atoms with Crippen LogP contribution in [-0.2, 0) is 5.41 Å². The minimum absolute atomic E-state index is 0.117. The number of nitrogens with zero attached hydrogens (tertiary/aromatic N) is 1. The van der Waals surface area contributed by atoms with Gasteiger partial charge in [-0.3, -0.25) is 4.99 Å². The fourth-order valence-electron chi connectivity index (χ4n) is 3.13. The van der Waals surface area contributed by atoms with Gasteiger partial charge in [-0.2, -0.15) is 0 Å². The number of fused-ring (bicyclic) bond motifs is 1. The molecule has 98 valence electrons. The molecule has 1 aliphatic heterocycles. The van der Waals surface area contributed by atoms with Crippen LogP contribution in [0, 0.1) is 12.8 Å². The normalized spacial score (nSPS) is 24.9. The average Bonchev–Trinajstić information content (AvgIpc) is 2.97. The van der Waals surface area contributed by atoms with E-state index in [9.17, 15) is 0 Å². The Bertz CT molecular complexity index is 580. The highest BCUT2D eigenvalue weighted by atomic mass is 14.8. The highest BCUT2D eigenvalue weighted by Gasteiger charge is 2.36. The second-order valence-electron chi connectivity index (χ2n) is 6.02. The Morgan fingerprint density at radius 1 is 1.16 bits per heavy atom. The van der Waals surface area contributed by atoms with E-state index in [1.54, 1.807) is 0 Å². The first-order chi connectivity index (χ1) is 9.09. The molecule has 1 aromatic rings. The second-order valence-corrected chi connectivity index (χ2v) is 6.02. The SMILES string of the molecule is CC1=Nc2ccc(C)cc2C1(C)CCC1C=CC=C1. The maximum Gasteiger partial charge on any atom is 0.0670 e. The molecule has 0 amide bonds. The van der Waals surface area contributed by atoms with E-state index >= 15 is 0 Å². The Balaban J connectivity index is 1.87. The summed E-state index contributed by atoms with van der Waals surface area (Å²) >= 11 is 0. The molecule has 0 fully saturated rings. The summed E-state index contributed by atoms with van der Waals surface area (Å²) in [7, 11) is 0. The molecule has 0 aromatic heterocycles. The predicted octanol–water partition coefficient (Wildman–Crippen LogP) is 4.88. The third-order valence-corrected chi connectivity index (χ3v) is 4.64. The Hall–Kier alpha value is -1.63. The van der Waals surface area contributed by atoms with E-state index in [-0.39, 0.29) is 5.41 Å². The van der Waals surface area contributed by atoms with E-state index in [0.717, 1.165) is 6.42 Å². The molecule has 1 unspecified atom stereocenters. The van der Waals surface area contributed by atoms with Crippen molar-refractivity contribution in [3.05, 3.63) is 53.6 Å². The van der Waals surface area contributed by atoms with E-state index in [4.69, 9.17) is 4.99 Å². The van der Waals surface area contributed by atoms with Crippen LogP contribution in [0.2, 0.25) is 0 Å². The molecule has 3 rings (SSSR count). The molecule has 1 aliphatic carbocycles. The van der Waals surface area contributed by atoms with Crippen molar-refractivity contribution in [1.82, 2.24) is 0 Å². The number of hydrogen-bond donors (Lipinski definition) is 0. The molecule has 0 saturated heterocycles. The highest BCUT2D eigenvalue weighted by Crippen LogP contribution is 2.44. The summed E-state index contributed by atoms with van der Waals surface area (Å²) < 4.78 is 0. The van der Waals surface area contributed by atoms with E-state index < -0.39 is 0 Å². The first kappa shape index (κ1) is 12.4. The number of hydrogen-bond acceptors (Lipinski definition) is 1. The predicted molar refractivity (Wildman–Crippen MR) is 82.3 cm³/mol. The summed E-state index contributed by atoms with van der Waals surface area (Å²) in [4.78, 5) is 4.77. The number of aryl methyl sites for hydroxylation is 1. The first-order valence-electron chi connectivity index (χ1n) is 7.11. The maximum absolute atomic E-state index is 4.77. The third kappa shape index (κ3) is 2.07. The van der Waals surface area contributed by atoms with Crippen molar-refractivity contribution < 1.29 is 0 Å². The fourth-order valence-corrected chi connectivity index (χ4v) is 3.13. The number of allylic oxidation sites excluding steroid dienone is 4. The van der Waals surface area contributed by atoms with Crippen molar-refractivity contribution in [2.45, 2.75) is 39.0 Å². The molecule has 1 atom stereocenters. The average molecular weight is 251 g/mol. The molecule has 0 spiro atoms. The van der Waals surface area contributed by atoms with Gasteiger partial charge in [0.2, 0.25) is 0 Å². The molecule has 0 N–H and O–H groups in total. The van der Waals surface area contributed by atoms with Gasteiger partial charge >= 0.3 is 0 Å². The van der Waals surface area contributed by atoms with Gasteiger partial charge in [0.15, 0.2) is 0 Å². The van der Waals surface area contributed by atoms with Gasteiger partial charge in [-0.05, 0) is 44.2 Å². The zero-order valence-electron chi connectivity index (χ0n) is 12.0. The molecular weight excluding hydrogens is 230 g/mol. The topological polar surface area (TPSA) is 12.4 Å². The number of aliphatic imine (C=N–C) groups is 1. The van der Waals surface area contributed by atoms with Gasteiger partial charge in [-0.25, -0.2) is 0 Å². The van der Waals surface area contributed by atoms with Crippen LogP contribution in [0.15, 0.2) is 47.5 Å². The van der Waals surface area contributed by atoms with Crippen LogP contribution in [0.25, 0.3) is 0 Å².